The Bertz CT molecular complexity index is 330. The molecule has 1 aromatic heterocycles. The fourth-order valence-corrected chi connectivity index (χ4v) is 1.89. The summed E-state index contributed by atoms with van der Waals surface area (Å²) in [6, 6.07) is 0.441. The normalized spacial score (nSPS) is 14.4. The highest BCUT2D eigenvalue weighted by Crippen LogP contribution is 2.20. The molecule has 0 saturated heterocycles. The van der Waals surface area contributed by atoms with Gasteiger partial charge in [-0.3, -0.25) is 4.98 Å². The second kappa shape index (κ2) is 7.22. The Hall–Kier alpha value is -1.16. The van der Waals surface area contributed by atoms with Gasteiger partial charge in [-0.15, -0.1) is 0 Å². The Morgan fingerprint density at radius 2 is 2.12 bits per heavy atom. The maximum atomic E-state index is 5.11. The molecular formula is C13H23N3O. The predicted octanol–water partition coefficient (Wildman–Crippen LogP) is 2.37. The zero-order chi connectivity index (χ0) is 12.7. The molecule has 0 amide bonds. The Kier molecular flexibility index (Phi) is 5.91. The fraction of sp³-hybridized carbons (Fsp3) is 0.692. The van der Waals surface area contributed by atoms with Crippen LogP contribution in [0.2, 0.25) is 0 Å². The van der Waals surface area contributed by atoms with Crippen molar-refractivity contribution in [3.8, 4) is 5.88 Å². The maximum absolute atomic E-state index is 5.11. The smallest absolute Gasteiger partial charge is 0.232 e. The molecule has 0 saturated carbocycles. The van der Waals surface area contributed by atoms with Crippen molar-refractivity contribution in [2.45, 2.75) is 45.6 Å². The van der Waals surface area contributed by atoms with Crippen molar-refractivity contribution in [1.29, 1.82) is 0 Å². The number of hydrogen-bond donors (Lipinski definition) is 1. The van der Waals surface area contributed by atoms with Crippen LogP contribution in [0.15, 0.2) is 12.4 Å². The van der Waals surface area contributed by atoms with Gasteiger partial charge in [-0.05, 0) is 19.4 Å². The van der Waals surface area contributed by atoms with Gasteiger partial charge in [0.1, 0.15) is 0 Å². The van der Waals surface area contributed by atoms with E-state index in [1.165, 1.54) is 0 Å². The summed E-state index contributed by atoms with van der Waals surface area (Å²) in [6.45, 7) is 7.59. The molecule has 0 aliphatic heterocycles. The van der Waals surface area contributed by atoms with Crippen LogP contribution in [-0.4, -0.2) is 29.7 Å². The van der Waals surface area contributed by atoms with Crippen molar-refractivity contribution in [3.63, 3.8) is 0 Å². The summed E-state index contributed by atoms with van der Waals surface area (Å²) in [7, 11) is 1.62. The lowest BCUT2D eigenvalue weighted by Crippen LogP contribution is -2.34. The first-order valence-corrected chi connectivity index (χ1v) is 6.32. The van der Waals surface area contributed by atoms with E-state index in [0.717, 1.165) is 25.1 Å². The van der Waals surface area contributed by atoms with Gasteiger partial charge < -0.3 is 10.1 Å². The van der Waals surface area contributed by atoms with Crippen molar-refractivity contribution in [1.82, 2.24) is 15.3 Å². The zero-order valence-corrected chi connectivity index (χ0v) is 11.2. The van der Waals surface area contributed by atoms with E-state index in [-0.39, 0.29) is 0 Å². The summed E-state index contributed by atoms with van der Waals surface area (Å²) in [4.78, 5) is 8.60. The van der Waals surface area contributed by atoms with E-state index < -0.39 is 0 Å². The van der Waals surface area contributed by atoms with Crippen LogP contribution in [0.4, 0.5) is 0 Å². The highest BCUT2D eigenvalue weighted by Gasteiger charge is 2.18. The minimum absolute atomic E-state index is 0.342. The molecule has 2 atom stereocenters. The van der Waals surface area contributed by atoms with E-state index in [9.17, 15) is 0 Å². The number of methoxy groups -OCH3 is 1. The molecule has 1 aromatic rings. The van der Waals surface area contributed by atoms with Crippen molar-refractivity contribution in [2.75, 3.05) is 13.7 Å². The van der Waals surface area contributed by atoms with Gasteiger partial charge in [0.2, 0.25) is 5.88 Å². The van der Waals surface area contributed by atoms with E-state index in [2.05, 4.69) is 36.1 Å². The highest BCUT2D eigenvalue weighted by atomic mass is 16.5. The Morgan fingerprint density at radius 3 is 2.71 bits per heavy atom. The summed E-state index contributed by atoms with van der Waals surface area (Å²) in [5, 5.41) is 3.55. The Balaban J connectivity index is 2.74. The number of rotatable bonds is 7. The summed E-state index contributed by atoms with van der Waals surface area (Å²) in [6.07, 6.45) is 5.69. The first-order valence-electron chi connectivity index (χ1n) is 6.32. The third-order valence-corrected chi connectivity index (χ3v) is 3.01. The molecule has 0 aliphatic rings. The maximum Gasteiger partial charge on any atom is 0.232 e. The average molecular weight is 237 g/mol. The monoisotopic (exact) mass is 237 g/mol. The molecule has 1 heterocycles. The third kappa shape index (κ3) is 3.97. The van der Waals surface area contributed by atoms with E-state index >= 15 is 0 Å². The number of nitrogens with one attached hydrogen (secondary N) is 1. The van der Waals surface area contributed by atoms with Gasteiger partial charge in [0.25, 0.3) is 0 Å². The topological polar surface area (TPSA) is 47.0 Å². The molecule has 4 heteroatoms. The molecular weight excluding hydrogens is 214 g/mol. The molecule has 0 bridgehead atoms. The van der Waals surface area contributed by atoms with Gasteiger partial charge in [-0.25, -0.2) is 4.98 Å². The number of hydrogen-bond acceptors (Lipinski definition) is 4. The van der Waals surface area contributed by atoms with Crippen LogP contribution in [0.25, 0.3) is 0 Å². The summed E-state index contributed by atoms with van der Waals surface area (Å²) >= 11 is 0. The number of ether oxygens (including phenoxy) is 1. The molecule has 17 heavy (non-hydrogen) atoms. The molecule has 0 radical (unpaired) electrons. The minimum Gasteiger partial charge on any atom is -0.480 e. The lowest BCUT2D eigenvalue weighted by Gasteiger charge is -2.23. The van der Waals surface area contributed by atoms with E-state index in [1.54, 1.807) is 13.3 Å². The number of nitrogens with zero attached hydrogens (tertiary/aromatic N) is 2. The van der Waals surface area contributed by atoms with Crippen molar-refractivity contribution >= 4 is 0 Å². The fourth-order valence-electron chi connectivity index (χ4n) is 1.89. The summed E-state index contributed by atoms with van der Waals surface area (Å²) in [5.41, 5.74) is 0.986. The molecule has 1 rings (SSSR count). The molecule has 96 valence electrons. The lowest BCUT2D eigenvalue weighted by molar-refractivity contribution is 0.385. The molecule has 0 spiro atoms. The van der Waals surface area contributed by atoms with Crippen LogP contribution in [0.1, 0.15) is 45.2 Å². The van der Waals surface area contributed by atoms with Crippen molar-refractivity contribution in [2.24, 2.45) is 0 Å². The van der Waals surface area contributed by atoms with Crippen molar-refractivity contribution in [3.05, 3.63) is 18.1 Å². The average Bonchev–Trinajstić information content (AvgIpc) is 2.39. The van der Waals surface area contributed by atoms with Crippen LogP contribution >= 0.6 is 0 Å². The predicted molar refractivity (Wildman–Crippen MR) is 69.4 cm³/mol. The minimum atomic E-state index is 0.342. The molecule has 2 unspecified atom stereocenters. The molecule has 1 N–H and O–H groups in total. The Labute approximate surface area is 104 Å². The van der Waals surface area contributed by atoms with Gasteiger partial charge in [0.05, 0.1) is 19.0 Å². The van der Waals surface area contributed by atoms with Crippen molar-refractivity contribution < 1.29 is 4.74 Å². The molecule has 4 nitrogen and oxygen atoms in total. The Morgan fingerprint density at radius 1 is 1.35 bits per heavy atom. The molecule has 0 fully saturated rings. The van der Waals surface area contributed by atoms with Gasteiger partial charge >= 0.3 is 0 Å². The standard InChI is InChI=1S/C13H23N3O/c1-5-7-15-11(6-2)10(3)12-8-14-9-13(16-12)17-4/h8-11,15H,5-7H2,1-4H3. The summed E-state index contributed by atoms with van der Waals surface area (Å²) < 4.78 is 5.11. The molecule has 0 aromatic carbocycles. The van der Waals surface area contributed by atoms with E-state index in [0.29, 0.717) is 17.8 Å². The molecule has 0 aliphatic carbocycles. The summed E-state index contributed by atoms with van der Waals surface area (Å²) in [5.74, 6) is 0.925. The number of aromatic nitrogens is 2. The second-order valence-electron chi connectivity index (χ2n) is 4.24. The van der Waals surface area contributed by atoms with Gasteiger partial charge in [0.15, 0.2) is 0 Å². The van der Waals surface area contributed by atoms with Crippen LogP contribution in [-0.2, 0) is 0 Å². The van der Waals surface area contributed by atoms with E-state index in [4.69, 9.17) is 4.74 Å². The first kappa shape index (κ1) is 13.9. The van der Waals surface area contributed by atoms with Gasteiger partial charge in [0, 0.05) is 18.2 Å². The first-order chi connectivity index (χ1) is 8.22. The van der Waals surface area contributed by atoms with Gasteiger partial charge in [-0.1, -0.05) is 20.8 Å². The van der Waals surface area contributed by atoms with Crippen LogP contribution in [0, 0.1) is 0 Å². The SMILES string of the molecule is CCCNC(CC)C(C)c1cncc(OC)n1. The van der Waals surface area contributed by atoms with Gasteiger partial charge in [-0.2, -0.15) is 0 Å². The van der Waals surface area contributed by atoms with Crippen LogP contribution in [0.5, 0.6) is 5.88 Å². The zero-order valence-electron chi connectivity index (χ0n) is 11.2. The van der Waals surface area contributed by atoms with Crippen LogP contribution < -0.4 is 10.1 Å². The van der Waals surface area contributed by atoms with Crippen LogP contribution in [0.3, 0.4) is 0 Å². The highest BCUT2D eigenvalue weighted by molar-refractivity contribution is 5.13. The second-order valence-corrected chi connectivity index (χ2v) is 4.24. The third-order valence-electron chi connectivity index (χ3n) is 3.01. The van der Waals surface area contributed by atoms with E-state index in [1.807, 2.05) is 6.20 Å². The largest absolute Gasteiger partial charge is 0.480 e. The quantitative estimate of drug-likeness (QED) is 0.791. The lowest BCUT2D eigenvalue weighted by atomic mass is 9.96.